The van der Waals surface area contributed by atoms with E-state index in [0.717, 1.165) is 29.9 Å². The molecule has 7 N–H and O–H groups in total. The Labute approximate surface area is 265 Å². The average molecular weight is 684 g/mol. The van der Waals surface area contributed by atoms with Crippen molar-refractivity contribution in [3.05, 3.63) is 35.6 Å². The minimum absolute atomic E-state index is 0.0119. The summed E-state index contributed by atoms with van der Waals surface area (Å²) in [6, 6.07) is 1.79. The number of nitrogens with two attached hydrogens (primary N) is 2. The van der Waals surface area contributed by atoms with Gasteiger partial charge >= 0.3 is 16.4 Å². The molecule has 20 nitrogen and oxygen atoms in total. The lowest BCUT2D eigenvalue weighted by atomic mass is 9.84. The highest BCUT2D eigenvalue weighted by molar-refractivity contribution is 7.80. The third-order valence-corrected chi connectivity index (χ3v) is 7.59. The van der Waals surface area contributed by atoms with Gasteiger partial charge in [0, 0.05) is 11.4 Å². The summed E-state index contributed by atoms with van der Waals surface area (Å²) in [6.45, 7) is 3.38. The number of carboxylic acid groups (broad SMARTS) is 1. The van der Waals surface area contributed by atoms with Gasteiger partial charge in [-0.25, -0.2) is 9.78 Å². The standard InChI is InChI=1S/C24H30N10O10S2/c1-24(2)19(21(36)34(24)44-46(39,40)41)28-20(35)18(15-12-45-23(26)27-15)31-43-16(22(37)38)11-42-17-6-5-14(29-30-17)13-9-32(3)33(10-13)8-4-7-25/h5-6,9-10,12,16,19H,4,7-8,11,25H2,1-3H3,(H4-,26,27,28,35,37,38,39,40,41)/p+1/b31-18-/t16-,19?/m0/s1. The third kappa shape index (κ3) is 7.89. The second kappa shape index (κ2) is 13.7. The molecule has 0 bridgehead atoms. The van der Waals surface area contributed by atoms with Crippen molar-refractivity contribution in [3.8, 4) is 17.1 Å². The fourth-order valence-electron chi connectivity index (χ4n) is 4.16. The maximum Gasteiger partial charge on any atom is 0.418 e. The molecule has 3 aromatic heterocycles. The topological polar surface area (TPSA) is 281 Å². The Balaban J connectivity index is 1.44. The molecule has 4 rings (SSSR count). The summed E-state index contributed by atoms with van der Waals surface area (Å²) >= 11 is 0.946. The van der Waals surface area contributed by atoms with Crippen LogP contribution in [0.4, 0.5) is 5.13 Å². The summed E-state index contributed by atoms with van der Waals surface area (Å²) in [5.41, 5.74) is 10.5. The van der Waals surface area contributed by atoms with Crippen molar-refractivity contribution in [2.45, 2.75) is 44.5 Å². The number of nitrogens with one attached hydrogen (secondary N) is 1. The number of hydroxylamine groups is 2. The van der Waals surface area contributed by atoms with Gasteiger partial charge in [0.05, 0.1) is 23.8 Å². The number of hydrogen-bond donors (Lipinski definition) is 5. The molecule has 1 fully saturated rings. The Morgan fingerprint density at radius 2 is 2.04 bits per heavy atom. The largest absolute Gasteiger partial charge is 0.478 e. The van der Waals surface area contributed by atoms with E-state index in [1.807, 2.05) is 28.8 Å². The van der Waals surface area contributed by atoms with Crippen LogP contribution in [0.2, 0.25) is 0 Å². The summed E-state index contributed by atoms with van der Waals surface area (Å²) in [5.74, 6) is -3.55. The molecule has 22 heteroatoms. The average Bonchev–Trinajstić information content (AvgIpc) is 3.59. The molecule has 1 aliphatic heterocycles. The molecule has 2 amide bonds. The summed E-state index contributed by atoms with van der Waals surface area (Å²) < 4.78 is 44.7. The number of anilines is 1. The molecule has 3 aromatic rings. The van der Waals surface area contributed by atoms with Crippen molar-refractivity contribution < 1.29 is 51.0 Å². The van der Waals surface area contributed by atoms with E-state index in [2.05, 4.69) is 29.9 Å². The van der Waals surface area contributed by atoms with Crippen molar-refractivity contribution in [2.75, 3.05) is 18.9 Å². The van der Waals surface area contributed by atoms with E-state index < -0.39 is 58.2 Å². The third-order valence-electron chi connectivity index (χ3n) is 6.58. The molecule has 1 saturated heterocycles. The molecule has 1 aliphatic rings. The number of carboxylic acids is 1. The number of carbonyl (C=O) groups is 3. The van der Waals surface area contributed by atoms with Crippen molar-refractivity contribution in [2.24, 2.45) is 17.9 Å². The lowest BCUT2D eigenvalue weighted by Crippen LogP contribution is -2.76. The van der Waals surface area contributed by atoms with Gasteiger partial charge in [-0.15, -0.1) is 30.5 Å². The van der Waals surface area contributed by atoms with Crippen molar-refractivity contribution >= 4 is 50.4 Å². The molecule has 0 aromatic carbocycles. The van der Waals surface area contributed by atoms with Crippen molar-refractivity contribution in [1.29, 1.82) is 0 Å². The molecule has 1 unspecified atom stereocenters. The maximum atomic E-state index is 13.2. The smallest absolute Gasteiger partial charge is 0.418 e. The molecular weight excluding hydrogens is 652 g/mol. The molecule has 0 saturated carbocycles. The quantitative estimate of drug-likeness (QED) is 0.0390. The van der Waals surface area contributed by atoms with Crippen LogP contribution in [0, 0.1) is 0 Å². The van der Waals surface area contributed by atoms with E-state index >= 15 is 0 Å². The molecular formula is C24H31N10O10S2+. The van der Waals surface area contributed by atoms with Gasteiger partial charge in [-0.1, -0.05) is 5.16 Å². The Hall–Kier alpha value is -4.77. The number of thiazole rings is 1. The second-order valence-electron chi connectivity index (χ2n) is 10.3. The summed E-state index contributed by atoms with van der Waals surface area (Å²) in [4.78, 5) is 46.7. The number of amides is 2. The Bertz CT molecular complexity index is 1740. The first-order chi connectivity index (χ1) is 21.6. The van der Waals surface area contributed by atoms with E-state index in [1.165, 1.54) is 25.3 Å². The zero-order valence-electron chi connectivity index (χ0n) is 24.6. The highest BCUT2D eigenvalue weighted by Gasteiger charge is 2.58. The normalized spacial score (nSPS) is 16.9. The van der Waals surface area contributed by atoms with Gasteiger partial charge in [-0.3, -0.25) is 14.1 Å². The number of carbonyl (C=O) groups excluding carboxylic acids is 2. The van der Waals surface area contributed by atoms with Crippen LogP contribution < -0.4 is 26.2 Å². The Kier molecular flexibility index (Phi) is 10.2. The fourth-order valence-corrected chi connectivity index (χ4v) is 5.17. The number of oxime groups is 1. The van der Waals surface area contributed by atoms with Gasteiger partial charge < -0.3 is 31.5 Å². The molecule has 0 aliphatic carbocycles. The zero-order valence-corrected chi connectivity index (χ0v) is 26.3. The highest BCUT2D eigenvalue weighted by Crippen LogP contribution is 2.33. The Morgan fingerprint density at radius 3 is 2.61 bits per heavy atom. The maximum absolute atomic E-state index is 13.2. The Morgan fingerprint density at radius 1 is 1.30 bits per heavy atom. The number of aryl methyl sites for hydroxylation is 2. The number of nitrogens with zero attached hydrogens (tertiary/aromatic N) is 7. The number of aliphatic carboxylic acids is 1. The van der Waals surface area contributed by atoms with Crippen LogP contribution >= 0.6 is 11.3 Å². The second-order valence-corrected chi connectivity index (χ2v) is 12.2. The first-order valence-corrected chi connectivity index (χ1v) is 15.6. The molecule has 2 atom stereocenters. The van der Waals surface area contributed by atoms with Crippen LogP contribution in [-0.4, -0.2) is 97.3 Å². The lowest BCUT2D eigenvalue weighted by molar-refractivity contribution is -0.753. The fraction of sp³-hybridized carbons (Fsp3) is 0.417. The first-order valence-electron chi connectivity index (χ1n) is 13.3. The number of aromatic nitrogens is 5. The van der Waals surface area contributed by atoms with Crippen LogP contribution in [0.3, 0.4) is 0 Å². The predicted molar refractivity (Wildman–Crippen MR) is 157 cm³/mol. The van der Waals surface area contributed by atoms with E-state index in [4.69, 9.17) is 25.6 Å². The van der Waals surface area contributed by atoms with Gasteiger partial charge in [0.25, 0.3) is 17.9 Å². The number of hydrogen-bond acceptors (Lipinski definition) is 15. The van der Waals surface area contributed by atoms with Crippen LogP contribution in [0.15, 0.2) is 35.1 Å². The van der Waals surface area contributed by atoms with Gasteiger partial charge in [-0.05, 0) is 32.9 Å². The summed E-state index contributed by atoms with van der Waals surface area (Å²) in [6.07, 6.45) is 2.81. The van der Waals surface area contributed by atoms with Gasteiger partial charge in [0.15, 0.2) is 17.9 Å². The van der Waals surface area contributed by atoms with Crippen LogP contribution in [0.25, 0.3) is 11.3 Å². The minimum Gasteiger partial charge on any atom is -0.478 e. The van der Waals surface area contributed by atoms with Crippen LogP contribution in [0.5, 0.6) is 5.88 Å². The number of rotatable bonds is 15. The monoisotopic (exact) mass is 683 g/mol. The van der Waals surface area contributed by atoms with Gasteiger partial charge in [0.2, 0.25) is 12.1 Å². The van der Waals surface area contributed by atoms with Crippen LogP contribution in [-0.2, 0) is 47.5 Å². The predicted octanol–water partition coefficient (Wildman–Crippen LogP) is -1.75. The van der Waals surface area contributed by atoms with E-state index in [-0.39, 0.29) is 16.7 Å². The van der Waals surface area contributed by atoms with E-state index in [0.29, 0.717) is 17.3 Å². The molecule has 0 radical (unpaired) electrons. The lowest BCUT2D eigenvalue weighted by Gasteiger charge is -2.50. The highest BCUT2D eigenvalue weighted by atomic mass is 32.3. The molecule has 4 heterocycles. The number of β-lactam (4-membered cyclic amide) rings is 1. The van der Waals surface area contributed by atoms with Crippen LogP contribution in [0.1, 0.15) is 26.0 Å². The number of nitrogen functional groups attached to an aromatic ring is 1. The first kappa shape index (κ1) is 34.1. The van der Waals surface area contributed by atoms with Gasteiger partial charge in [0.1, 0.15) is 24.0 Å². The summed E-state index contributed by atoms with van der Waals surface area (Å²) in [7, 11) is -3.15. The van der Waals surface area contributed by atoms with Crippen molar-refractivity contribution in [3.63, 3.8) is 0 Å². The molecule has 248 valence electrons. The molecule has 0 spiro atoms. The molecule has 46 heavy (non-hydrogen) atoms. The van der Waals surface area contributed by atoms with Gasteiger partial charge in [-0.2, -0.15) is 18.2 Å². The van der Waals surface area contributed by atoms with E-state index in [1.54, 1.807) is 6.07 Å². The summed E-state index contributed by atoms with van der Waals surface area (Å²) in [5, 5.41) is 25.6. The minimum atomic E-state index is -5.02. The zero-order chi connectivity index (χ0) is 33.8. The van der Waals surface area contributed by atoms with Crippen molar-refractivity contribution in [1.82, 2.24) is 30.2 Å². The van der Waals surface area contributed by atoms with E-state index in [9.17, 15) is 27.9 Å². The SMILES string of the molecule is C[n+]1cc(-c2ccc(OC[C@H](O/N=C(\C(=O)NC3C(=O)N(OS(=O)(=O)O)C3(C)C)c3csc(N)n3)C(=O)O)nn2)cn1CCCN. The number of ether oxygens (including phenoxy) is 1.